The molecule has 2 unspecified atom stereocenters. The number of hydrogen-bond acceptors (Lipinski definition) is 4. The molecular formula is C18H22N4O3. The molecule has 4 rings (SSSR count). The largest absolute Gasteiger partial charge is 0.337 e. The van der Waals surface area contributed by atoms with Crippen molar-refractivity contribution in [2.45, 2.75) is 37.3 Å². The van der Waals surface area contributed by atoms with Crippen LogP contribution in [-0.4, -0.2) is 53.3 Å². The number of nitrogens with zero attached hydrogens (tertiary/aromatic N) is 2. The predicted molar refractivity (Wildman–Crippen MR) is 90.5 cm³/mol. The molecule has 25 heavy (non-hydrogen) atoms. The number of amides is 4. The van der Waals surface area contributed by atoms with Gasteiger partial charge in [-0.3, -0.25) is 14.5 Å². The monoisotopic (exact) mass is 342 g/mol. The molecule has 4 amide bonds. The quantitative estimate of drug-likeness (QED) is 0.774. The van der Waals surface area contributed by atoms with E-state index in [-0.39, 0.29) is 24.4 Å². The third-order valence-corrected chi connectivity index (χ3v) is 5.69. The second kappa shape index (κ2) is 5.84. The van der Waals surface area contributed by atoms with E-state index in [9.17, 15) is 14.4 Å². The molecule has 1 aliphatic carbocycles. The van der Waals surface area contributed by atoms with Crippen molar-refractivity contribution in [2.24, 2.45) is 5.73 Å². The van der Waals surface area contributed by atoms with E-state index in [1.165, 1.54) is 0 Å². The highest BCUT2D eigenvalue weighted by atomic mass is 16.2. The Morgan fingerprint density at radius 1 is 1.32 bits per heavy atom. The lowest BCUT2D eigenvalue weighted by molar-refractivity contribution is -0.139. The predicted octanol–water partition coefficient (Wildman–Crippen LogP) is 0.330. The second-order valence-corrected chi connectivity index (χ2v) is 7.00. The van der Waals surface area contributed by atoms with Crippen LogP contribution < -0.4 is 11.1 Å². The van der Waals surface area contributed by atoms with E-state index < -0.39 is 11.6 Å². The summed E-state index contributed by atoms with van der Waals surface area (Å²) >= 11 is 0. The number of benzene rings is 1. The van der Waals surface area contributed by atoms with Crippen molar-refractivity contribution in [3.05, 3.63) is 35.4 Å². The summed E-state index contributed by atoms with van der Waals surface area (Å²) in [6, 6.07) is 7.19. The molecule has 1 spiro atoms. The smallest absolute Gasteiger partial charge is 0.325 e. The summed E-state index contributed by atoms with van der Waals surface area (Å²) in [6.07, 6.45) is 3.06. The van der Waals surface area contributed by atoms with Crippen LogP contribution in [0.3, 0.4) is 0 Å². The van der Waals surface area contributed by atoms with Crippen molar-refractivity contribution in [1.29, 1.82) is 0 Å². The third-order valence-electron chi connectivity index (χ3n) is 5.69. The maximum atomic E-state index is 13.1. The van der Waals surface area contributed by atoms with E-state index >= 15 is 0 Å². The number of nitrogens with two attached hydrogens (primary N) is 1. The lowest BCUT2D eigenvalue weighted by Crippen LogP contribution is -2.47. The van der Waals surface area contributed by atoms with Crippen LogP contribution in [0.1, 0.15) is 30.4 Å². The molecule has 0 bridgehead atoms. The van der Waals surface area contributed by atoms with Gasteiger partial charge < -0.3 is 16.0 Å². The molecule has 3 aliphatic rings. The Labute approximate surface area is 146 Å². The summed E-state index contributed by atoms with van der Waals surface area (Å²) in [4.78, 5) is 40.9. The van der Waals surface area contributed by atoms with E-state index in [2.05, 4.69) is 5.32 Å². The SMILES string of the molecule is NCC1CCCN1C(=O)CN1C(=O)NC2(CCc3ccccc32)C1=O. The Balaban J connectivity index is 1.56. The molecule has 0 aromatic heterocycles. The molecule has 7 nitrogen and oxygen atoms in total. The molecule has 3 N–H and O–H groups in total. The number of fused-ring (bicyclic) bond motifs is 2. The number of urea groups is 1. The normalized spacial score (nSPS) is 28.0. The van der Waals surface area contributed by atoms with Gasteiger partial charge in [0.25, 0.3) is 5.91 Å². The van der Waals surface area contributed by atoms with Gasteiger partial charge in [-0.2, -0.15) is 0 Å². The Morgan fingerprint density at radius 3 is 2.92 bits per heavy atom. The van der Waals surface area contributed by atoms with Crippen LogP contribution in [0.15, 0.2) is 24.3 Å². The highest BCUT2D eigenvalue weighted by molar-refractivity contribution is 6.09. The van der Waals surface area contributed by atoms with Crippen LogP contribution >= 0.6 is 0 Å². The van der Waals surface area contributed by atoms with E-state index in [0.29, 0.717) is 19.5 Å². The Bertz CT molecular complexity index is 750. The van der Waals surface area contributed by atoms with Crippen LogP contribution in [0.5, 0.6) is 0 Å². The molecule has 2 atom stereocenters. The lowest BCUT2D eigenvalue weighted by atomic mass is 9.92. The molecule has 1 aromatic carbocycles. The number of aryl methyl sites for hydroxylation is 1. The Morgan fingerprint density at radius 2 is 2.12 bits per heavy atom. The number of imide groups is 1. The van der Waals surface area contributed by atoms with E-state index in [4.69, 9.17) is 5.73 Å². The molecular weight excluding hydrogens is 320 g/mol. The molecule has 2 heterocycles. The van der Waals surface area contributed by atoms with Crippen molar-refractivity contribution in [3.63, 3.8) is 0 Å². The van der Waals surface area contributed by atoms with Gasteiger partial charge in [-0.15, -0.1) is 0 Å². The zero-order valence-corrected chi connectivity index (χ0v) is 14.0. The van der Waals surface area contributed by atoms with Crippen LogP contribution in [-0.2, 0) is 21.5 Å². The van der Waals surface area contributed by atoms with Gasteiger partial charge in [0.05, 0.1) is 0 Å². The van der Waals surface area contributed by atoms with E-state index in [0.717, 1.165) is 35.3 Å². The molecule has 0 saturated carbocycles. The van der Waals surface area contributed by atoms with Gasteiger partial charge in [0.2, 0.25) is 5.91 Å². The number of likely N-dealkylation sites (tertiary alicyclic amines) is 1. The number of nitrogens with one attached hydrogen (secondary N) is 1. The van der Waals surface area contributed by atoms with Gasteiger partial charge >= 0.3 is 6.03 Å². The van der Waals surface area contributed by atoms with Crippen LogP contribution in [0.25, 0.3) is 0 Å². The fraction of sp³-hybridized carbons (Fsp3) is 0.500. The van der Waals surface area contributed by atoms with Crippen molar-refractivity contribution >= 4 is 17.8 Å². The summed E-state index contributed by atoms with van der Waals surface area (Å²) in [7, 11) is 0. The number of carbonyl (C=O) groups excluding carboxylic acids is 3. The molecule has 7 heteroatoms. The maximum Gasteiger partial charge on any atom is 0.325 e. The minimum absolute atomic E-state index is 0.00873. The standard InChI is InChI=1S/C18H22N4O3/c19-10-13-5-3-9-21(13)15(23)11-22-16(24)18(20-17(22)25)8-7-12-4-1-2-6-14(12)18/h1-2,4,6,13H,3,5,7-11,19H2,(H,20,25). The minimum atomic E-state index is -1.01. The fourth-order valence-corrected chi connectivity index (χ4v) is 4.37. The molecule has 2 saturated heterocycles. The Kier molecular flexibility index (Phi) is 3.76. The van der Waals surface area contributed by atoms with Gasteiger partial charge in [0.1, 0.15) is 12.1 Å². The lowest BCUT2D eigenvalue weighted by Gasteiger charge is -2.26. The molecule has 2 fully saturated rings. The van der Waals surface area contributed by atoms with E-state index in [1.54, 1.807) is 4.90 Å². The second-order valence-electron chi connectivity index (χ2n) is 7.00. The van der Waals surface area contributed by atoms with Crippen LogP contribution in [0.2, 0.25) is 0 Å². The van der Waals surface area contributed by atoms with Gasteiger partial charge in [-0.1, -0.05) is 24.3 Å². The zero-order chi connectivity index (χ0) is 17.6. The summed E-state index contributed by atoms with van der Waals surface area (Å²) in [5.41, 5.74) is 6.64. The van der Waals surface area contributed by atoms with Crippen molar-refractivity contribution in [2.75, 3.05) is 19.6 Å². The Hall–Kier alpha value is -2.41. The van der Waals surface area contributed by atoms with Crippen molar-refractivity contribution in [1.82, 2.24) is 15.1 Å². The van der Waals surface area contributed by atoms with Gasteiger partial charge in [-0.05, 0) is 36.8 Å². The zero-order valence-electron chi connectivity index (χ0n) is 14.0. The maximum absolute atomic E-state index is 13.1. The minimum Gasteiger partial charge on any atom is -0.337 e. The molecule has 132 valence electrons. The first-order valence-corrected chi connectivity index (χ1v) is 8.79. The topological polar surface area (TPSA) is 95.7 Å². The first-order valence-electron chi connectivity index (χ1n) is 8.79. The van der Waals surface area contributed by atoms with Crippen molar-refractivity contribution < 1.29 is 14.4 Å². The van der Waals surface area contributed by atoms with Gasteiger partial charge in [0, 0.05) is 19.1 Å². The number of hydrogen-bond donors (Lipinski definition) is 2. The van der Waals surface area contributed by atoms with Crippen LogP contribution in [0.4, 0.5) is 4.79 Å². The van der Waals surface area contributed by atoms with Crippen molar-refractivity contribution in [3.8, 4) is 0 Å². The number of carbonyl (C=O) groups is 3. The van der Waals surface area contributed by atoms with Gasteiger partial charge in [0.15, 0.2) is 0 Å². The first kappa shape index (κ1) is 16.1. The first-order chi connectivity index (χ1) is 12.1. The summed E-state index contributed by atoms with van der Waals surface area (Å²) in [6.45, 7) is 0.826. The summed E-state index contributed by atoms with van der Waals surface area (Å²) in [5, 5.41) is 2.85. The van der Waals surface area contributed by atoms with E-state index in [1.807, 2.05) is 24.3 Å². The number of rotatable bonds is 3. The average molecular weight is 342 g/mol. The highest BCUT2D eigenvalue weighted by Crippen LogP contribution is 2.41. The van der Waals surface area contributed by atoms with Gasteiger partial charge in [-0.25, -0.2) is 4.79 Å². The molecule has 2 aliphatic heterocycles. The third kappa shape index (κ3) is 2.33. The average Bonchev–Trinajstić information content (AvgIpc) is 3.29. The van der Waals surface area contributed by atoms with Crippen LogP contribution in [0, 0.1) is 0 Å². The fourth-order valence-electron chi connectivity index (χ4n) is 4.37. The molecule has 1 aromatic rings. The molecule has 0 radical (unpaired) electrons. The summed E-state index contributed by atoms with van der Waals surface area (Å²) in [5.74, 6) is -0.529. The summed E-state index contributed by atoms with van der Waals surface area (Å²) < 4.78 is 0. The highest BCUT2D eigenvalue weighted by Gasteiger charge is 2.55.